The van der Waals surface area contributed by atoms with Crippen molar-refractivity contribution < 1.29 is 9.53 Å². The maximum Gasteiger partial charge on any atom is 0.363 e. The molecule has 0 aliphatic carbocycles. The van der Waals surface area contributed by atoms with Gasteiger partial charge in [-0.3, -0.25) is 0 Å². The van der Waals surface area contributed by atoms with Gasteiger partial charge < -0.3 is 9.64 Å². The normalized spacial score (nSPS) is 15.5. The second kappa shape index (κ2) is 6.54. The lowest BCUT2D eigenvalue weighted by atomic mass is 10.1. The lowest BCUT2D eigenvalue weighted by Gasteiger charge is -2.11. The van der Waals surface area contributed by atoms with E-state index >= 15 is 0 Å². The Bertz CT molecular complexity index is 808. The average Bonchev–Trinajstić information content (AvgIpc) is 2.89. The monoisotopic (exact) mass is 418 g/mol. The zero-order chi connectivity index (χ0) is 16.4. The van der Waals surface area contributed by atoms with Crippen molar-refractivity contribution in [1.29, 1.82) is 0 Å². The molecule has 3 rings (SSSR count). The number of halogens is 1. The van der Waals surface area contributed by atoms with Crippen LogP contribution in [0, 0.1) is 3.57 Å². The van der Waals surface area contributed by atoms with Gasteiger partial charge in [0, 0.05) is 28.9 Å². The highest BCUT2D eigenvalue weighted by atomic mass is 127. The predicted molar refractivity (Wildman–Crippen MR) is 101 cm³/mol. The number of benzene rings is 2. The van der Waals surface area contributed by atoms with Gasteiger partial charge in [-0.1, -0.05) is 18.2 Å². The number of carbonyl (C=O) groups excluding carboxylic acids is 1. The van der Waals surface area contributed by atoms with Gasteiger partial charge in [0.1, 0.15) is 0 Å². The van der Waals surface area contributed by atoms with E-state index in [0.29, 0.717) is 11.6 Å². The molecule has 0 bridgehead atoms. The number of carbonyl (C=O) groups is 1. The Balaban J connectivity index is 1.88. The number of esters is 1. The van der Waals surface area contributed by atoms with E-state index < -0.39 is 5.97 Å². The molecule has 0 fully saturated rings. The molecule has 4 nitrogen and oxygen atoms in total. The lowest BCUT2D eigenvalue weighted by molar-refractivity contribution is -0.129. The van der Waals surface area contributed by atoms with E-state index in [1.807, 2.05) is 67.5 Å². The molecule has 0 saturated heterocycles. The van der Waals surface area contributed by atoms with Crippen LogP contribution in [0.5, 0.6) is 0 Å². The molecule has 0 atom stereocenters. The molecule has 1 aliphatic heterocycles. The summed E-state index contributed by atoms with van der Waals surface area (Å²) >= 11 is 2.22. The number of nitrogens with zero attached hydrogens (tertiary/aromatic N) is 2. The summed E-state index contributed by atoms with van der Waals surface area (Å²) in [6.45, 7) is 0. The Labute approximate surface area is 148 Å². The maximum atomic E-state index is 12.0. The Morgan fingerprint density at radius 2 is 1.87 bits per heavy atom. The fraction of sp³-hybridized carbons (Fsp3) is 0.111. The van der Waals surface area contributed by atoms with E-state index in [1.54, 1.807) is 6.08 Å². The van der Waals surface area contributed by atoms with Crippen LogP contribution in [-0.4, -0.2) is 26.0 Å². The fourth-order valence-corrected chi connectivity index (χ4v) is 2.72. The van der Waals surface area contributed by atoms with Gasteiger partial charge in [-0.25, -0.2) is 9.79 Å². The van der Waals surface area contributed by atoms with Gasteiger partial charge in [0.2, 0.25) is 5.90 Å². The molecule has 0 amide bonds. The first-order valence-corrected chi connectivity index (χ1v) is 8.17. The second-order valence-electron chi connectivity index (χ2n) is 5.33. The van der Waals surface area contributed by atoms with Crippen molar-refractivity contribution in [3.05, 3.63) is 68.9 Å². The molecule has 23 heavy (non-hydrogen) atoms. The van der Waals surface area contributed by atoms with Crippen molar-refractivity contribution >= 4 is 46.2 Å². The van der Waals surface area contributed by atoms with E-state index in [-0.39, 0.29) is 0 Å². The minimum absolute atomic E-state index is 0.316. The predicted octanol–water partition coefficient (Wildman–Crippen LogP) is 3.70. The van der Waals surface area contributed by atoms with Gasteiger partial charge in [-0.05, 0) is 64.6 Å². The van der Waals surface area contributed by atoms with Crippen molar-refractivity contribution in [2.75, 3.05) is 19.0 Å². The summed E-state index contributed by atoms with van der Waals surface area (Å²) in [7, 11) is 3.97. The molecule has 0 saturated carbocycles. The van der Waals surface area contributed by atoms with E-state index in [0.717, 1.165) is 20.4 Å². The highest BCUT2D eigenvalue weighted by Crippen LogP contribution is 2.21. The standard InChI is InChI=1S/C18H15IN2O2/c1-21(2)15-8-6-12(7-9-15)10-16-18(22)23-17(20-16)13-4-3-5-14(19)11-13/h3-11H,1-2H3. The first-order valence-electron chi connectivity index (χ1n) is 7.09. The fourth-order valence-electron chi connectivity index (χ4n) is 2.18. The summed E-state index contributed by atoms with van der Waals surface area (Å²) in [6.07, 6.45) is 1.74. The summed E-state index contributed by atoms with van der Waals surface area (Å²) in [5.74, 6) is -0.0692. The van der Waals surface area contributed by atoms with Crippen LogP contribution in [0.4, 0.5) is 5.69 Å². The first-order chi connectivity index (χ1) is 11.0. The van der Waals surface area contributed by atoms with Gasteiger partial charge >= 0.3 is 5.97 Å². The van der Waals surface area contributed by atoms with Gasteiger partial charge in [0.05, 0.1) is 0 Å². The second-order valence-corrected chi connectivity index (χ2v) is 6.58. The molecular formula is C18H15IN2O2. The number of hydrogen-bond acceptors (Lipinski definition) is 4. The molecule has 1 aliphatic rings. The molecule has 2 aromatic rings. The maximum absolute atomic E-state index is 12.0. The van der Waals surface area contributed by atoms with Crippen LogP contribution in [0.2, 0.25) is 0 Å². The average molecular weight is 418 g/mol. The highest BCUT2D eigenvalue weighted by Gasteiger charge is 2.24. The summed E-state index contributed by atoms with van der Waals surface area (Å²) in [6, 6.07) is 15.6. The number of aliphatic imine (C=N–C) groups is 1. The molecule has 0 spiro atoms. The Hall–Kier alpha value is -2.15. The molecule has 0 unspecified atom stereocenters. The summed E-state index contributed by atoms with van der Waals surface area (Å²) < 4.78 is 6.35. The van der Waals surface area contributed by atoms with Crippen LogP contribution >= 0.6 is 22.6 Å². The zero-order valence-electron chi connectivity index (χ0n) is 12.8. The summed E-state index contributed by atoms with van der Waals surface area (Å²) in [4.78, 5) is 18.4. The molecule has 116 valence electrons. The number of anilines is 1. The number of cyclic esters (lactones) is 1. The van der Waals surface area contributed by atoms with Gasteiger partial charge in [0.25, 0.3) is 0 Å². The number of ether oxygens (including phenoxy) is 1. The van der Waals surface area contributed by atoms with Crippen LogP contribution in [0.1, 0.15) is 11.1 Å². The van der Waals surface area contributed by atoms with Crippen molar-refractivity contribution in [1.82, 2.24) is 0 Å². The van der Waals surface area contributed by atoms with E-state index in [1.165, 1.54) is 0 Å². The molecule has 2 aromatic carbocycles. The summed E-state index contributed by atoms with van der Waals surface area (Å²) in [5.41, 5.74) is 3.13. The number of rotatable bonds is 3. The largest absolute Gasteiger partial charge is 0.402 e. The minimum atomic E-state index is -0.421. The molecule has 0 aromatic heterocycles. The highest BCUT2D eigenvalue weighted by molar-refractivity contribution is 14.1. The van der Waals surface area contributed by atoms with Crippen LogP contribution in [0.3, 0.4) is 0 Å². The quantitative estimate of drug-likeness (QED) is 0.434. The SMILES string of the molecule is CN(C)c1ccc(C=C2N=C(c3cccc(I)c3)OC2=O)cc1. The van der Waals surface area contributed by atoms with Crippen molar-refractivity contribution in [2.45, 2.75) is 0 Å². The molecule has 5 heteroatoms. The Kier molecular flexibility index (Phi) is 4.47. The molecule has 0 radical (unpaired) electrons. The van der Waals surface area contributed by atoms with Crippen molar-refractivity contribution in [3.8, 4) is 0 Å². The van der Waals surface area contributed by atoms with Crippen LogP contribution in [0.25, 0.3) is 6.08 Å². The van der Waals surface area contributed by atoms with E-state index in [9.17, 15) is 4.79 Å². The molecular weight excluding hydrogens is 403 g/mol. The van der Waals surface area contributed by atoms with E-state index in [2.05, 4.69) is 27.6 Å². The van der Waals surface area contributed by atoms with Crippen LogP contribution in [-0.2, 0) is 9.53 Å². The third-order valence-electron chi connectivity index (χ3n) is 3.40. The van der Waals surface area contributed by atoms with Gasteiger partial charge in [-0.2, -0.15) is 0 Å². The molecule has 1 heterocycles. The lowest BCUT2D eigenvalue weighted by Crippen LogP contribution is -2.08. The molecule has 0 N–H and O–H groups in total. The van der Waals surface area contributed by atoms with Crippen LogP contribution in [0.15, 0.2) is 59.2 Å². The topological polar surface area (TPSA) is 41.9 Å². The van der Waals surface area contributed by atoms with Crippen LogP contribution < -0.4 is 4.90 Å². The van der Waals surface area contributed by atoms with Crippen molar-refractivity contribution in [3.63, 3.8) is 0 Å². The summed E-state index contributed by atoms with van der Waals surface area (Å²) in [5, 5.41) is 0. The first kappa shape index (κ1) is 15.7. The van der Waals surface area contributed by atoms with E-state index in [4.69, 9.17) is 4.74 Å². The van der Waals surface area contributed by atoms with Gasteiger partial charge in [-0.15, -0.1) is 0 Å². The third-order valence-corrected chi connectivity index (χ3v) is 4.08. The van der Waals surface area contributed by atoms with Crippen molar-refractivity contribution in [2.24, 2.45) is 4.99 Å². The Morgan fingerprint density at radius 1 is 1.13 bits per heavy atom. The number of hydrogen-bond donors (Lipinski definition) is 0. The van der Waals surface area contributed by atoms with Gasteiger partial charge in [0.15, 0.2) is 5.70 Å². The smallest absolute Gasteiger partial charge is 0.363 e. The minimum Gasteiger partial charge on any atom is -0.402 e. The zero-order valence-corrected chi connectivity index (χ0v) is 14.9. The third kappa shape index (κ3) is 3.61. The Morgan fingerprint density at radius 3 is 2.52 bits per heavy atom.